The zero-order valence-corrected chi connectivity index (χ0v) is 23.0. The molecule has 3 aromatic rings. The van der Waals surface area contributed by atoms with Crippen molar-refractivity contribution in [3.05, 3.63) is 64.3 Å². The fraction of sp³-hybridized carbons (Fsp3) is 0.429. The van der Waals surface area contributed by atoms with Crippen LogP contribution >= 0.6 is 18.7 Å². The van der Waals surface area contributed by atoms with Gasteiger partial charge in [0.15, 0.2) is 5.82 Å². The number of nitrogens with zero attached hydrogens (tertiary/aromatic N) is 3. The predicted octanol–water partition coefficient (Wildman–Crippen LogP) is 6.52. The highest BCUT2D eigenvalue weighted by molar-refractivity contribution is 7.70. The highest BCUT2D eigenvalue weighted by Gasteiger charge is 2.24. The van der Waals surface area contributed by atoms with Gasteiger partial charge in [0.2, 0.25) is 5.95 Å². The van der Waals surface area contributed by atoms with Crippen molar-refractivity contribution in [3.8, 4) is 0 Å². The number of halogens is 1. The number of benzene rings is 2. The third kappa shape index (κ3) is 5.77. The minimum Gasteiger partial charge on any atom is -0.338 e. The molecule has 0 bridgehead atoms. The van der Waals surface area contributed by atoms with E-state index in [0.29, 0.717) is 22.8 Å². The van der Waals surface area contributed by atoms with Gasteiger partial charge >= 0.3 is 0 Å². The number of rotatable bonds is 6. The first-order valence-electron chi connectivity index (χ1n) is 12.8. The van der Waals surface area contributed by atoms with E-state index in [1.165, 1.54) is 49.9 Å². The standard InChI is InChI=1S/C28H35ClN5OP/c1-19-6-13-25(26(16-19)36(2,3)35)32-27-24(29)18-30-28(33-27)31-22-10-7-20-8-11-23(12-9-21(20)17-22)34-14-4-5-15-34/h6-7,10,13,16-18,23H,4-5,8-9,11-12,14-15H2,1-3H3,(H2,30,31,32,33). The van der Waals surface area contributed by atoms with E-state index in [-0.39, 0.29) is 0 Å². The second-order valence-electron chi connectivity index (χ2n) is 10.5. The van der Waals surface area contributed by atoms with Crippen LogP contribution < -0.4 is 15.9 Å². The molecule has 2 N–H and O–H groups in total. The number of aromatic nitrogens is 2. The summed E-state index contributed by atoms with van der Waals surface area (Å²) >= 11 is 6.44. The van der Waals surface area contributed by atoms with Crippen LogP contribution in [0.25, 0.3) is 0 Å². The first kappa shape index (κ1) is 25.3. The van der Waals surface area contributed by atoms with Crippen LogP contribution in [0.3, 0.4) is 0 Å². The minimum atomic E-state index is -2.50. The molecule has 1 aliphatic carbocycles. The quantitative estimate of drug-likeness (QED) is 0.283. The number of likely N-dealkylation sites (tertiary alicyclic amines) is 1. The first-order valence-corrected chi connectivity index (χ1v) is 15.8. The van der Waals surface area contributed by atoms with E-state index in [1.807, 2.05) is 25.1 Å². The highest BCUT2D eigenvalue weighted by atomic mass is 35.5. The van der Waals surface area contributed by atoms with Gasteiger partial charge in [-0.05, 0) is 107 Å². The highest BCUT2D eigenvalue weighted by Crippen LogP contribution is 2.39. The summed E-state index contributed by atoms with van der Waals surface area (Å²) in [5.41, 5.74) is 5.66. The molecule has 1 aliphatic heterocycles. The molecule has 1 fully saturated rings. The molecule has 5 rings (SSSR count). The van der Waals surface area contributed by atoms with Crippen molar-refractivity contribution in [1.29, 1.82) is 0 Å². The largest absolute Gasteiger partial charge is 0.338 e. The molecule has 36 heavy (non-hydrogen) atoms. The van der Waals surface area contributed by atoms with Crippen LogP contribution in [0.2, 0.25) is 5.02 Å². The lowest BCUT2D eigenvalue weighted by Crippen LogP contribution is -2.32. The maximum Gasteiger partial charge on any atom is 0.229 e. The Morgan fingerprint density at radius 1 is 1.00 bits per heavy atom. The van der Waals surface area contributed by atoms with E-state index in [1.54, 1.807) is 19.5 Å². The Kier molecular flexibility index (Phi) is 7.39. The molecule has 1 atom stereocenters. The minimum absolute atomic E-state index is 0.406. The van der Waals surface area contributed by atoms with Gasteiger partial charge in [0.25, 0.3) is 0 Å². The van der Waals surface area contributed by atoms with Gasteiger partial charge in [0.05, 0.1) is 11.9 Å². The molecule has 8 heteroatoms. The van der Waals surface area contributed by atoms with Gasteiger partial charge in [-0.15, -0.1) is 0 Å². The van der Waals surface area contributed by atoms with E-state index >= 15 is 0 Å². The van der Waals surface area contributed by atoms with E-state index in [9.17, 15) is 4.57 Å². The Balaban J connectivity index is 1.33. The molecule has 2 aromatic carbocycles. The van der Waals surface area contributed by atoms with Crippen molar-refractivity contribution in [3.63, 3.8) is 0 Å². The Labute approximate surface area is 219 Å². The summed E-state index contributed by atoms with van der Waals surface area (Å²) in [6.07, 6.45) is 8.99. The fourth-order valence-electron chi connectivity index (χ4n) is 5.41. The van der Waals surface area contributed by atoms with E-state index in [2.05, 4.69) is 43.7 Å². The van der Waals surface area contributed by atoms with Gasteiger partial charge in [-0.25, -0.2) is 4.98 Å². The number of aryl methyl sites for hydroxylation is 3. The summed E-state index contributed by atoms with van der Waals surface area (Å²) in [4.78, 5) is 11.7. The van der Waals surface area contributed by atoms with Crippen LogP contribution in [0.5, 0.6) is 0 Å². The molecule has 0 saturated carbocycles. The van der Waals surface area contributed by atoms with Crippen molar-refractivity contribution in [2.75, 3.05) is 37.1 Å². The van der Waals surface area contributed by atoms with Crippen molar-refractivity contribution in [2.24, 2.45) is 0 Å². The topological polar surface area (TPSA) is 70.2 Å². The van der Waals surface area contributed by atoms with Crippen LogP contribution in [0, 0.1) is 6.92 Å². The van der Waals surface area contributed by atoms with E-state index in [0.717, 1.165) is 35.1 Å². The molecular weight excluding hydrogens is 489 g/mol. The van der Waals surface area contributed by atoms with Gasteiger partial charge in [0, 0.05) is 17.0 Å². The molecule has 6 nitrogen and oxygen atoms in total. The van der Waals surface area contributed by atoms with Crippen molar-refractivity contribution < 1.29 is 4.57 Å². The van der Waals surface area contributed by atoms with Crippen LogP contribution in [0.1, 0.15) is 42.4 Å². The molecule has 2 aliphatic rings. The summed E-state index contributed by atoms with van der Waals surface area (Å²) < 4.78 is 12.9. The summed E-state index contributed by atoms with van der Waals surface area (Å²) in [5, 5.41) is 7.84. The average Bonchev–Trinajstić information content (AvgIpc) is 3.29. The zero-order valence-electron chi connectivity index (χ0n) is 21.4. The lowest BCUT2D eigenvalue weighted by Gasteiger charge is -2.25. The average molecular weight is 524 g/mol. The smallest absolute Gasteiger partial charge is 0.229 e. The first-order chi connectivity index (χ1) is 17.3. The molecule has 0 radical (unpaired) electrons. The van der Waals surface area contributed by atoms with Crippen LogP contribution in [-0.2, 0) is 17.4 Å². The Hall–Kier alpha value is -2.40. The second-order valence-corrected chi connectivity index (χ2v) is 14.1. The number of nitrogens with one attached hydrogen (secondary N) is 2. The molecule has 0 amide bonds. The van der Waals surface area contributed by atoms with E-state index < -0.39 is 7.14 Å². The molecular formula is C28H35ClN5OP. The molecule has 1 saturated heterocycles. The second kappa shape index (κ2) is 10.5. The lowest BCUT2D eigenvalue weighted by molar-refractivity contribution is 0.222. The van der Waals surface area contributed by atoms with Crippen LogP contribution in [0.15, 0.2) is 42.6 Å². The Morgan fingerprint density at radius 2 is 1.75 bits per heavy atom. The number of hydrogen-bond acceptors (Lipinski definition) is 6. The Bertz CT molecular complexity index is 1300. The third-order valence-corrected chi connectivity index (χ3v) is 9.15. The molecule has 1 unspecified atom stereocenters. The van der Waals surface area contributed by atoms with Crippen molar-refractivity contribution in [2.45, 2.75) is 51.5 Å². The monoisotopic (exact) mass is 523 g/mol. The SMILES string of the molecule is Cc1ccc(Nc2nc(Nc3ccc4c(c3)CCC(N3CCCC3)CC4)ncc2Cl)c(P(C)(C)=O)c1. The predicted molar refractivity (Wildman–Crippen MR) is 152 cm³/mol. The third-order valence-electron chi connectivity index (χ3n) is 7.34. The van der Waals surface area contributed by atoms with Crippen molar-refractivity contribution >= 4 is 47.2 Å². The molecule has 190 valence electrons. The van der Waals surface area contributed by atoms with Gasteiger partial charge < -0.3 is 20.1 Å². The zero-order chi connectivity index (χ0) is 25.3. The van der Waals surface area contributed by atoms with E-state index in [4.69, 9.17) is 11.6 Å². The lowest BCUT2D eigenvalue weighted by atomic mass is 10.0. The Morgan fingerprint density at radius 3 is 2.50 bits per heavy atom. The summed E-state index contributed by atoms with van der Waals surface area (Å²) in [6.45, 7) is 8.06. The number of fused-ring (bicyclic) bond motifs is 1. The van der Waals surface area contributed by atoms with Gasteiger partial charge in [-0.2, -0.15) is 4.98 Å². The summed E-state index contributed by atoms with van der Waals surface area (Å²) in [5.74, 6) is 0.950. The molecule has 1 aromatic heterocycles. The molecule has 2 heterocycles. The van der Waals surface area contributed by atoms with Gasteiger partial charge in [0.1, 0.15) is 12.2 Å². The number of hydrogen-bond donors (Lipinski definition) is 2. The fourth-order valence-corrected chi connectivity index (χ4v) is 6.77. The molecule has 0 spiro atoms. The van der Waals surface area contributed by atoms with Crippen LogP contribution in [-0.4, -0.2) is 47.3 Å². The normalized spacial score (nSPS) is 18.5. The van der Waals surface area contributed by atoms with Crippen LogP contribution in [0.4, 0.5) is 23.1 Å². The summed E-state index contributed by atoms with van der Waals surface area (Å²) in [6, 6.07) is 13.2. The maximum atomic E-state index is 12.9. The van der Waals surface area contributed by atoms with Gasteiger partial charge in [-0.1, -0.05) is 29.3 Å². The number of anilines is 4. The van der Waals surface area contributed by atoms with Gasteiger partial charge in [-0.3, -0.25) is 0 Å². The summed E-state index contributed by atoms with van der Waals surface area (Å²) in [7, 11) is -2.50. The maximum absolute atomic E-state index is 12.9. The van der Waals surface area contributed by atoms with Crippen molar-refractivity contribution in [1.82, 2.24) is 14.9 Å².